The minimum atomic E-state index is 0.459. The van der Waals surface area contributed by atoms with Gasteiger partial charge >= 0.3 is 0 Å². The monoisotopic (exact) mass is 427 g/mol. The zero-order valence-corrected chi connectivity index (χ0v) is 19.5. The molecule has 2 heterocycles. The van der Waals surface area contributed by atoms with E-state index < -0.39 is 0 Å². The van der Waals surface area contributed by atoms with E-state index in [0.717, 1.165) is 48.6 Å². The second kappa shape index (κ2) is 9.90. The molecule has 0 radical (unpaired) electrons. The molecule has 7 nitrogen and oxygen atoms in total. The summed E-state index contributed by atoms with van der Waals surface area (Å²) in [4.78, 5) is 14.7. The average Bonchev–Trinajstić information content (AvgIpc) is 3.06. The lowest BCUT2D eigenvalue weighted by molar-refractivity contribution is 0.249. The number of nitrogens with zero attached hydrogens (tertiary/aromatic N) is 4. The van der Waals surface area contributed by atoms with Crippen LogP contribution in [0.3, 0.4) is 0 Å². The van der Waals surface area contributed by atoms with E-state index in [2.05, 4.69) is 29.2 Å². The number of rotatable bonds is 6. The smallest absolute Gasteiger partial charge is 0.227 e. The first-order valence-electron chi connectivity index (χ1n) is 11.7. The molecule has 31 heavy (non-hydrogen) atoms. The molecule has 1 aromatic heterocycles. The van der Waals surface area contributed by atoms with Gasteiger partial charge in [0.2, 0.25) is 5.95 Å². The van der Waals surface area contributed by atoms with Gasteiger partial charge in [-0.3, -0.25) is 0 Å². The quantitative estimate of drug-likeness (QED) is 0.689. The minimum absolute atomic E-state index is 0.459. The molecule has 1 aromatic carbocycles. The van der Waals surface area contributed by atoms with Crippen molar-refractivity contribution >= 4 is 22.7 Å². The first-order valence-corrected chi connectivity index (χ1v) is 11.7. The highest BCUT2D eigenvalue weighted by atomic mass is 16.5. The maximum Gasteiger partial charge on any atom is 0.227 e. The van der Waals surface area contributed by atoms with Crippen molar-refractivity contribution in [1.82, 2.24) is 14.9 Å². The number of benzene rings is 1. The molecule has 0 atom stereocenters. The molecule has 1 N–H and O–H groups in total. The van der Waals surface area contributed by atoms with Gasteiger partial charge in [0, 0.05) is 36.6 Å². The van der Waals surface area contributed by atoms with Crippen molar-refractivity contribution in [2.75, 3.05) is 51.6 Å². The molecule has 1 aliphatic carbocycles. The largest absolute Gasteiger partial charge is 0.493 e. The van der Waals surface area contributed by atoms with Gasteiger partial charge < -0.3 is 24.6 Å². The molecule has 0 bridgehead atoms. The predicted molar refractivity (Wildman–Crippen MR) is 127 cm³/mol. The summed E-state index contributed by atoms with van der Waals surface area (Å²) in [7, 11) is 7.68. The SMILES string of the molecule is COc1cc2nc(N3CCC(N(C)C)CC3)nc(NC3CCCCCC3)c2cc1OC. The Labute approximate surface area is 186 Å². The highest BCUT2D eigenvalue weighted by molar-refractivity contribution is 5.93. The average molecular weight is 428 g/mol. The highest BCUT2D eigenvalue weighted by Gasteiger charge is 2.24. The van der Waals surface area contributed by atoms with Crippen LogP contribution >= 0.6 is 0 Å². The van der Waals surface area contributed by atoms with Crippen molar-refractivity contribution in [2.24, 2.45) is 0 Å². The van der Waals surface area contributed by atoms with Crippen molar-refractivity contribution in [3.63, 3.8) is 0 Å². The van der Waals surface area contributed by atoms with Crippen LogP contribution in [0.1, 0.15) is 51.4 Å². The van der Waals surface area contributed by atoms with Crippen molar-refractivity contribution in [3.8, 4) is 11.5 Å². The van der Waals surface area contributed by atoms with Crippen LogP contribution in [0.25, 0.3) is 10.9 Å². The van der Waals surface area contributed by atoms with E-state index in [1.165, 1.54) is 38.5 Å². The molecule has 0 amide bonds. The Bertz CT molecular complexity index is 872. The van der Waals surface area contributed by atoms with Gasteiger partial charge in [0.1, 0.15) is 5.82 Å². The van der Waals surface area contributed by atoms with Gasteiger partial charge in [-0.1, -0.05) is 25.7 Å². The summed E-state index contributed by atoms with van der Waals surface area (Å²) in [5.74, 6) is 3.14. The maximum absolute atomic E-state index is 5.57. The zero-order chi connectivity index (χ0) is 21.8. The van der Waals surface area contributed by atoms with Gasteiger partial charge in [0.15, 0.2) is 11.5 Å². The highest BCUT2D eigenvalue weighted by Crippen LogP contribution is 2.36. The molecular weight excluding hydrogens is 390 g/mol. The van der Waals surface area contributed by atoms with Gasteiger partial charge in [0.05, 0.1) is 19.7 Å². The number of fused-ring (bicyclic) bond motifs is 1. The van der Waals surface area contributed by atoms with Crippen molar-refractivity contribution in [2.45, 2.75) is 63.5 Å². The Balaban J connectivity index is 1.69. The summed E-state index contributed by atoms with van der Waals surface area (Å²) in [6.07, 6.45) is 9.88. The zero-order valence-electron chi connectivity index (χ0n) is 19.5. The van der Waals surface area contributed by atoms with Crippen molar-refractivity contribution in [1.29, 1.82) is 0 Å². The molecule has 2 fully saturated rings. The Morgan fingerprint density at radius 2 is 1.55 bits per heavy atom. The van der Waals surface area contributed by atoms with Crippen LogP contribution in [0.2, 0.25) is 0 Å². The van der Waals surface area contributed by atoms with Gasteiger partial charge in [0.25, 0.3) is 0 Å². The number of piperidine rings is 1. The lowest BCUT2D eigenvalue weighted by Gasteiger charge is -2.35. The third-order valence-corrected chi connectivity index (χ3v) is 6.86. The van der Waals surface area contributed by atoms with Crippen LogP contribution in [0.15, 0.2) is 12.1 Å². The number of nitrogens with one attached hydrogen (secondary N) is 1. The number of anilines is 2. The van der Waals surface area contributed by atoms with Crippen molar-refractivity contribution in [3.05, 3.63) is 12.1 Å². The molecule has 2 aromatic rings. The van der Waals surface area contributed by atoms with Crippen LogP contribution in [0.5, 0.6) is 11.5 Å². The van der Waals surface area contributed by atoms with Crippen LogP contribution < -0.4 is 19.7 Å². The molecule has 2 aliphatic rings. The molecular formula is C24H37N5O2. The first-order chi connectivity index (χ1) is 15.1. The van der Waals surface area contributed by atoms with Crippen LogP contribution in [0, 0.1) is 0 Å². The Hall–Kier alpha value is -2.28. The fraction of sp³-hybridized carbons (Fsp3) is 0.667. The maximum atomic E-state index is 5.57. The van der Waals surface area contributed by atoms with E-state index in [0.29, 0.717) is 23.6 Å². The van der Waals surface area contributed by atoms with E-state index in [9.17, 15) is 0 Å². The molecule has 0 spiro atoms. The number of ether oxygens (including phenoxy) is 2. The lowest BCUT2D eigenvalue weighted by Crippen LogP contribution is -2.42. The Kier molecular flexibility index (Phi) is 7.00. The standard InChI is InChI=1S/C24H37N5O2/c1-28(2)18-11-13-29(14-12-18)24-26-20-16-22(31-4)21(30-3)15-19(20)23(27-24)25-17-9-7-5-6-8-10-17/h15-18H,5-14H2,1-4H3,(H,25,26,27). The molecule has 1 aliphatic heterocycles. The van der Waals surface area contributed by atoms with Gasteiger partial charge in [-0.15, -0.1) is 0 Å². The normalized spacial score (nSPS) is 18.9. The summed E-state index contributed by atoms with van der Waals surface area (Å²) in [6, 6.07) is 5.07. The second-order valence-corrected chi connectivity index (χ2v) is 9.11. The van der Waals surface area contributed by atoms with E-state index in [4.69, 9.17) is 19.4 Å². The predicted octanol–water partition coefficient (Wildman–Crippen LogP) is 4.31. The van der Waals surface area contributed by atoms with Crippen LogP contribution in [0.4, 0.5) is 11.8 Å². The second-order valence-electron chi connectivity index (χ2n) is 9.11. The summed E-state index contributed by atoms with van der Waals surface area (Å²) < 4.78 is 11.1. The summed E-state index contributed by atoms with van der Waals surface area (Å²) in [5.41, 5.74) is 0.897. The van der Waals surface area contributed by atoms with E-state index in [-0.39, 0.29) is 0 Å². The van der Waals surface area contributed by atoms with Crippen LogP contribution in [-0.4, -0.2) is 68.4 Å². The van der Waals surface area contributed by atoms with Gasteiger partial charge in [-0.2, -0.15) is 4.98 Å². The Morgan fingerprint density at radius 3 is 2.16 bits per heavy atom. The third kappa shape index (κ3) is 4.97. The number of hydrogen-bond donors (Lipinski definition) is 1. The van der Waals surface area contributed by atoms with E-state index >= 15 is 0 Å². The molecule has 4 rings (SSSR count). The summed E-state index contributed by atoms with van der Waals surface area (Å²) in [5, 5.41) is 4.77. The Morgan fingerprint density at radius 1 is 0.903 bits per heavy atom. The first kappa shape index (κ1) is 21.9. The molecule has 0 unspecified atom stereocenters. The van der Waals surface area contributed by atoms with Crippen molar-refractivity contribution < 1.29 is 9.47 Å². The number of methoxy groups -OCH3 is 2. The van der Waals surface area contributed by atoms with Crippen LogP contribution in [-0.2, 0) is 0 Å². The fourth-order valence-electron chi connectivity index (χ4n) is 4.89. The molecule has 170 valence electrons. The topological polar surface area (TPSA) is 62.8 Å². The lowest BCUT2D eigenvalue weighted by atomic mass is 10.0. The molecule has 1 saturated heterocycles. The fourth-order valence-corrected chi connectivity index (χ4v) is 4.89. The number of aromatic nitrogens is 2. The van der Waals surface area contributed by atoms with Gasteiger partial charge in [-0.05, 0) is 45.8 Å². The van der Waals surface area contributed by atoms with E-state index in [1.807, 2.05) is 12.1 Å². The van der Waals surface area contributed by atoms with Gasteiger partial charge in [-0.25, -0.2) is 4.98 Å². The molecule has 1 saturated carbocycles. The van der Waals surface area contributed by atoms with E-state index in [1.54, 1.807) is 14.2 Å². The minimum Gasteiger partial charge on any atom is -0.493 e. The number of hydrogen-bond acceptors (Lipinski definition) is 7. The summed E-state index contributed by atoms with van der Waals surface area (Å²) >= 11 is 0. The summed E-state index contributed by atoms with van der Waals surface area (Å²) in [6.45, 7) is 1.95. The molecule has 7 heteroatoms. The third-order valence-electron chi connectivity index (χ3n) is 6.86.